The second-order valence-corrected chi connectivity index (χ2v) is 7.07. The van der Waals surface area contributed by atoms with Crippen LogP contribution < -0.4 is 14.4 Å². The van der Waals surface area contributed by atoms with Gasteiger partial charge in [0.2, 0.25) is 5.91 Å². The number of hydrogen-bond acceptors (Lipinski definition) is 5. The fourth-order valence-corrected chi connectivity index (χ4v) is 4.20. The zero-order valence-electron chi connectivity index (χ0n) is 14.8. The highest BCUT2D eigenvalue weighted by Gasteiger charge is 2.26. The molecule has 0 saturated carbocycles. The van der Waals surface area contributed by atoms with Crippen molar-refractivity contribution in [3.8, 4) is 11.5 Å². The maximum atomic E-state index is 12.4. The summed E-state index contributed by atoms with van der Waals surface area (Å²) in [6.45, 7) is 0.111. The van der Waals surface area contributed by atoms with Crippen LogP contribution in [0.4, 0.5) is 5.69 Å². The molecule has 0 radical (unpaired) electrons. The third kappa shape index (κ3) is 2.63. The van der Waals surface area contributed by atoms with Crippen molar-refractivity contribution in [3.63, 3.8) is 0 Å². The van der Waals surface area contributed by atoms with Gasteiger partial charge < -0.3 is 14.4 Å². The number of nitrogens with zero attached hydrogens (tertiary/aromatic N) is 2. The van der Waals surface area contributed by atoms with E-state index in [-0.39, 0.29) is 12.5 Å². The topological polar surface area (TPSA) is 51.1 Å². The molecule has 3 aromatic rings. The second kappa shape index (κ2) is 6.46. The molecule has 2 aromatic carbocycles. The van der Waals surface area contributed by atoms with Gasteiger partial charge in [-0.05, 0) is 23.6 Å². The van der Waals surface area contributed by atoms with Crippen LogP contribution in [0.25, 0.3) is 10.1 Å². The summed E-state index contributed by atoms with van der Waals surface area (Å²) in [6, 6.07) is 14.1. The van der Waals surface area contributed by atoms with E-state index in [4.69, 9.17) is 9.47 Å². The Labute approximate surface area is 155 Å². The average molecular weight is 366 g/mol. The minimum Gasteiger partial charge on any atom is -0.493 e. The van der Waals surface area contributed by atoms with Crippen LogP contribution in [0, 0.1) is 0 Å². The van der Waals surface area contributed by atoms with Crippen molar-refractivity contribution in [1.82, 2.24) is 0 Å². The van der Waals surface area contributed by atoms with E-state index in [1.54, 1.807) is 37.5 Å². The van der Waals surface area contributed by atoms with Crippen molar-refractivity contribution in [2.75, 3.05) is 32.7 Å². The normalized spacial score (nSPS) is 14.0. The first-order valence-corrected chi connectivity index (χ1v) is 9.00. The maximum absolute atomic E-state index is 12.4. The molecule has 26 heavy (non-hydrogen) atoms. The first-order chi connectivity index (χ1) is 12.6. The summed E-state index contributed by atoms with van der Waals surface area (Å²) < 4.78 is 12.1. The fourth-order valence-electron chi connectivity index (χ4n) is 3.12. The third-order valence-corrected chi connectivity index (χ3v) is 5.65. The van der Waals surface area contributed by atoms with Crippen LogP contribution in [-0.4, -0.2) is 39.4 Å². The van der Waals surface area contributed by atoms with Crippen molar-refractivity contribution in [1.29, 1.82) is 0 Å². The van der Waals surface area contributed by atoms with E-state index in [9.17, 15) is 4.79 Å². The molecule has 5 nitrogen and oxygen atoms in total. The zero-order chi connectivity index (χ0) is 18.3. The largest absolute Gasteiger partial charge is 0.493 e. The van der Waals surface area contributed by atoms with E-state index in [1.165, 1.54) is 10.1 Å². The predicted molar refractivity (Wildman–Crippen MR) is 105 cm³/mol. The summed E-state index contributed by atoms with van der Waals surface area (Å²) in [5.41, 5.74) is 2.43. The predicted octanol–water partition coefficient (Wildman–Crippen LogP) is 3.73. The Bertz CT molecular complexity index is 1010. The number of rotatable bonds is 3. The number of likely N-dealkylation sites (N-methyl/N-ethyl adjacent to an activating group) is 1. The van der Waals surface area contributed by atoms with Gasteiger partial charge in [0.25, 0.3) is 0 Å². The molecule has 1 amide bonds. The van der Waals surface area contributed by atoms with Crippen molar-refractivity contribution in [2.45, 2.75) is 0 Å². The van der Waals surface area contributed by atoms with Crippen molar-refractivity contribution in [2.24, 2.45) is 4.99 Å². The molecule has 1 aliphatic heterocycles. The van der Waals surface area contributed by atoms with Gasteiger partial charge in [-0.3, -0.25) is 9.79 Å². The van der Waals surface area contributed by atoms with Crippen LogP contribution in [0.2, 0.25) is 0 Å². The van der Waals surface area contributed by atoms with E-state index in [0.29, 0.717) is 11.5 Å². The summed E-state index contributed by atoms with van der Waals surface area (Å²) >= 11 is 1.67. The van der Waals surface area contributed by atoms with Gasteiger partial charge in [-0.15, -0.1) is 11.3 Å². The minimum absolute atomic E-state index is 0.0606. The van der Waals surface area contributed by atoms with Gasteiger partial charge in [0.15, 0.2) is 11.5 Å². The van der Waals surface area contributed by atoms with Crippen LogP contribution in [0.1, 0.15) is 10.4 Å². The van der Waals surface area contributed by atoms with E-state index in [0.717, 1.165) is 21.8 Å². The summed E-state index contributed by atoms with van der Waals surface area (Å²) in [7, 11) is 4.95. The van der Waals surface area contributed by atoms with Gasteiger partial charge in [-0.1, -0.05) is 18.2 Å². The van der Waals surface area contributed by atoms with Gasteiger partial charge in [0, 0.05) is 23.4 Å². The van der Waals surface area contributed by atoms with Gasteiger partial charge in [-0.25, -0.2) is 0 Å². The molecule has 0 unspecified atom stereocenters. The number of benzodiazepines with no additional fused rings is 1. The molecular weight excluding hydrogens is 348 g/mol. The van der Waals surface area contributed by atoms with Gasteiger partial charge in [0.05, 0.1) is 30.5 Å². The van der Waals surface area contributed by atoms with E-state index >= 15 is 0 Å². The van der Waals surface area contributed by atoms with Gasteiger partial charge in [0.1, 0.15) is 6.54 Å². The van der Waals surface area contributed by atoms with Crippen molar-refractivity contribution in [3.05, 3.63) is 52.9 Å². The maximum Gasteiger partial charge on any atom is 0.248 e. The van der Waals surface area contributed by atoms with Gasteiger partial charge in [-0.2, -0.15) is 0 Å². The van der Waals surface area contributed by atoms with Crippen molar-refractivity contribution >= 4 is 38.7 Å². The molecule has 4 rings (SSSR count). The number of thiophene rings is 1. The Morgan fingerprint density at radius 1 is 1.08 bits per heavy atom. The molecule has 0 spiro atoms. The number of methoxy groups -OCH3 is 2. The number of carbonyl (C=O) groups is 1. The van der Waals surface area contributed by atoms with Gasteiger partial charge >= 0.3 is 0 Å². The van der Waals surface area contributed by atoms with Crippen LogP contribution in [0.15, 0.2) is 47.5 Å². The molecular formula is C20H18N2O3S. The number of ether oxygens (including phenoxy) is 2. The number of carbonyl (C=O) groups excluding carboxylic acids is 1. The Hall–Kier alpha value is -2.86. The smallest absolute Gasteiger partial charge is 0.248 e. The van der Waals surface area contributed by atoms with Crippen LogP contribution in [0.3, 0.4) is 0 Å². The standard InChI is InChI=1S/C20H18N2O3S/c1-22-14-10-16(25-3)15(24-2)9-13(14)20(21-11-19(22)23)18-8-12-6-4-5-7-17(12)26-18/h4-10H,11H2,1-3H3. The first kappa shape index (κ1) is 16.6. The number of amides is 1. The molecule has 132 valence electrons. The number of hydrogen-bond donors (Lipinski definition) is 0. The lowest BCUT2D eigenvalue weighted by atomic mass is 10.0. The Morgan fingerprint density at radius 3 is 2.54 bits per heavy atom. The quantitative estimate of drug-likeness (QED) is 0.710. The van der Waals surface area contributed by atoms with Crippen LogP contribution >= 0.6 is 11.3 Å². The minimum atomic E-state index is -0.0606. The molecule has 0 saturated heterocycles. The Morgan fingerprint density at radius 2 is 1.81 bits per heavy atom. The number of fused-ring (bicyclic) bond motifs is 2. The lowest BCUT2D eigenvalue weighted by molar-refractivity contribution is -0.116. The SMILES string of the molecule is COc1cc2c(cc1OC)N(C)C(=O)CN=C2c1cc2ccccc2s1. The van der Waals surface area contributed by atoms with Crippen LogP contribution in [0.5, 0.6) is 11.5 Å². The lowest BCUT2D eigenvalue weighted by Gasteiger charge is -2.20. The summed E-state index contributed by atoms with van der Waals surface area (Å²) in [6.07, 6.45) is 0. The zero-order valence-corrected chi connectivity index (χ0v) is 15.6. The number of anilines is 1. The first-order valence-electron chi connectivity index (χ1n) is 8.18. The second-order valence-electron chi connectivity index (χ2n) is 5.99. The molecule has 0 atom stereocenters. The van der Waals surface area contributed by atoms with E-state index in [2.05, 4.69) is 23.2 Å². The monoisotopic (exact) mass is 366 g/mol. The third-order valence-electron chi connectivity index (χ3n) is 4.52. The Balaban J connectivity index is 1.95. The molecule has 0 bridgehead atoms. The van der Waals surface area contributed by atoms with Crippen molar-refractivity contribution < 1.29 is 14.3 Å². The molecule has 2 heterocycles. The van der Waals surface area contributed by atoms with E-state index < -0.39 is 0 Å². The molecule has 6 heteroatoms. The highest BCUT2D eigenvalue weighted by Crippen LogP contribution is 2.38. The highest BCUT2D eigenvalue weighted by atomic mass is 32.1. The molecule has 1 aliphatic rings. The fraction of sp³-hybridized carbons (Fsp3) is 0.200. The van der Waals surface area contributed by atoms with E-state index in [1.807, 2.05) is 24.3 Å². The average Bonchev–Trinajstić information content (AvgIpc) is 3.05. The summed E-state index contributed by atoms with van der Waals surface area (Å²) in [4.78, 5) is 19.7. The molecule has 0 aliphatic carbocycles. The molecule has 1 aromatic heterocycles. The highest BCUT2D eigenvalue weighted by molar-refractivity contribution is 7.21. The van der Waals surface area contributed by atoms with Crippen LogP contribution in [-0.2, 0) is 4.79 Å². The number of aliphatic imine (C=N–C) groups is 1. The lowest BCUT2D eigenvalue weighted by Crippen LogP contribution is -2.27. The molecule has 0 N–H and O–H groups in total. The summed E-state index contributed by atoms with van der Waals surface area (Å²) in [5, 5.41) is 1.17. The Kier molecular flexibility index (Phi) is 4.12. The molecule has 0 fully saturated rings. The summed E-state index contributed by atoms with van der Waals surface area (Å²) in [5.74, 6) is 1.14. The number of benzene rings is 2.